The molecule has 0 saturated carbocycles. The second-order valence-electron chi connectivity index (χ2n) is 5.68. The van der Waals surface area contributed by atoms with E-state index in [9.17, 15) is 9.59 Å². The van der Waals surface area contributed by atoms with Crippen LogP contribution in [0.3, 0.4) is 0 Å². The number of rotatable bonds is 4. The van der Waals surface area contributed by atoms with E-state index in [-0.39, 0.29) is 11.2 Å². The number of hydrogen-bond acceptors (Lipinski definition) is 4. The SMILES string of the molecule is CCc1cc(CCn2c(=O)c3c(ncn3C)n(C)c2=O)n(C)n1. The van der Waals surface area contributed by atoms with Crippen LogP contribution in [0.4, 0.5) is 0 Å². The highest BCUT2D eigenvalue weighted by Crippen LogP contribution is 2.06. The lowest BCUT2D eigenvalue weighted by atomic mass is 10.2. The smallest absolute Gasteiger partial charge is 0.328 e. The van der Waals surface area contributed by atoms with Gasteiger partial charge in [-0.3, -0.25) is 18.6 Å². The molecule has 0 radical (unpaired) electrons. The first-order chi connectivity index (χ1) is 10.9. The van der Waals surface area contributed by atoms with Gasteiger partial charge in [0.15, 0.2) is 11.2 Å². The minimum absolute atomic E-state index is 0.305. The van der Waals surface area contributed by atoms with Crippen molar-refractivity contribution in [3.63, 3.8) is 0 Å². The highest BCUT2D eigenvalue weighted by molar-refractivity contribution is 5.69. The van der Waals surface area contributed by atoms with Crippen LogP contribution in [0.5, 0.6) is 0 Å². The van der Waals surface area contributed by atoms with Crippen molar-refractivity contribution in [1.82, 2.24) is 28.5 Å². The molecule has 3 heterocycles. The molecular formula is C15H20N6O2. The van der Waals surface area contributed by atoms with Crippen molar-refractivity contribution < 1.29 is 0 Å². The van der Waals surface area contributed by atoms with Gasteiger partial charge < -0.3 is 4.57 Å². The largest absolute Gasteiger partial charge is 0.332 e. The summed E-state index contributed by atoms with van der Waals surface area (Å²) >= 11 is 0. The minimum atomic E-state index is -0.348. The van der Waals surface area contributed by atoms with Crippen LogP contribution >= 0.6 is 0 Å². The van der Waals surface area contributed by atoms with E-state index >= 15 is 0 Å². The Labute approximate surface area is 132 Å². The van der Waals surface area contributed by atoms with Crippen LogP contribution < -0.4 is 11.2 Å². The van der Waals surface area contributed by atoms with Gasteiger partial charge in [0.1, 0.15) is 0 Å². The highest BCUT2D eigenvalue weighted by Gasteiger charge is 2.15. The van der Waals surface area contributed by atoms with E-state index in [1.54, 1.807) is 29.7 Å². The molecule has 0 N–H and O–H groups in total. The first-order valence-corrected chi connectivity index (χ1v) is 7.56. The highest BCUT2D eigenvalue weighted by atomic mass is 16.2. The van der Waals surface area contributed by atoms with E-state index < -0.39 is 0 Å². The molecule has 122 valence electrons. The third-order valence-electron chi connectivity index (χ3n) is 4.18. The second kappa shape index (κ2) is 5.53. The maximum absolute atomic E-state index is 12.6. The van der Waals surface area contributed by atoms with E-state index in [2.05, 4.69) is 10.1 Å². The number of hydrogen-bond donors (Lipinski definition) is 0. The molecule has 8 heteroatoms. The van der Waals surface area contributed by atoms with Crippen molar-refractivity contribution in [2.75, 3.05) is 0 Å². The fourth-order valence-corrected chi connectivity index (χ4v) is 2.80. The number of aromatic nitrogens is 6. The van der Waals surface area contributed by atoms with Crippen molar-refractivity contribution in [2.24, 2.45) is 21.1 Å². The van der Waals surface area contributed by atoms with Crippen LogP contribution in [0, 0.1) is 0 Å². The molecule has 0 atom stereocenters. The van der Waals surface area contributed by atoms with Gasteiger partial charge in [0.25, 0.3) is 5.56 Å². The Balaban J connectivity index is 2.03. The lowest BCUT2D eigenvalue weighted by molar-refractivity contribution is 0.578. The molecule has 0 aliphatic rings. The van der Waals surface area contributed by atoms with E-state index in [1.165, 1.54) is 9.13 Å². The van der Waals surface area contributed by atoms with E-state index in [0.29, 0.717) is 24.1 Å². The molecule has 3 aromatic heterocycles. The number of nitrogens with zero attached hydrogens (tertiary/aromatic N) is 6. The zero-order valence-electron chi connectivity index (χ0n) is 13.8. The summed E-state index contributed by atoms with van der Waals surface area (Å²) in [5.41, 5.74) is 2.20. The summed E-state index contributed by atoms with van der Waals surface area (Å²) < 4.78 is 6.13. The third kappa shape index (κ3) is 2.39. The van der Waals surface area contributed by atoms with Crippen LogP contribution in [0.25, 0.3) is 11.2 Å². The average molecular weight is 316 g/mol. The van der Waals surface area contributed by atoms with Crippen LogP contribution in [0.15, 0.2) is 22.0 Å². The quantitative estimate of drug-likeness (QED) is 0.677. The van der Waals surface area contributed by atoms with E-state index in [4.69, 9.17) is 0 Å². The average Bonchev–Trinajstić information content (AvgIpc) is 3.08. The summed E-state index contributed by atoms with van der Waals surface area (Å²) in [6, 6.07) is 2.01. The van der Waals surface area contributed by atoms with Crippen LogP contribution in [-0.4, -0.2) is 28.5 Å². The molecule has 23 heavy (non-hydrogen) atoms. The zero-order chi connectivity index (χ0) is 16.7. The molecule has 0 spiro atoms. The van der Waals surface area contributed by atoms with Crippen molar-refractivity contribution >= 4 is 11.2 Å². The fraction of sp³-hybridized carbons (Fsp3) is 0.467. The Bertz CT molecular complexity index is 988. The Morgan fingerprint density at radius 3 is 2.57 bits per heavy atom. The molecule has 0 aliphatic heterocycles. The second-order valence-corrected chi connectivity index (χ2v) is 5.68. The summed E-state index contributed by atoms with van der Waals surface area (Å²) in [5.74, 6) is 0. The van der Waals surface area contributed by atoms with Crippen molar-refractivity contribution in [3.05, 3.63) is 44.6 Å². The molecule has 3 aromatic rings. The summed E-state index contributed by atoms with van der Waals surface area (Å²) in [6.45, 7) is 2.36. The van der Waals surface area contributed by atoms with Crippen LogP contribution in [0.1, 0.15) is 18.3 Å². The summed E-state index contributed by atoms with van der Waals surface area (Å²) in [6.07, 6.45) is 2.98. The molecule has 8 nitrogen and oxygen atoms in total. The minimum Gasteiger partial charge on any atom is -0.328 e. The molecule has 0 bridgehead atoms. The summed E-state index contributed by atoms with van der Waals surface area (Å²) in [7, 11) is 5.26. The molecular weight excluding hydrogens is 296 g/mol. The van der Waals surface area contributed by atoms with Gasteiger partial charge in [0.2, 0.25) is 0 Å². The van der Waals surface area contributed by atoms with Gasteiger partial charge in [-0.15, -0.1) is 0 Å². The molecule has 0 unspecified atom stereocenters. The Morgan fingerprint density at radius 2 is 1.91 bits per heavy atom. The lowest BCUT2D eigenvalue weighted by Gasteiger charge is -2.08. The molecule has 0 saturated heterocycles. The van der Waals surface area contributed by atoms with Gasteiger partial charge in [-0.25, -0.2) is 9.78 Å². The topological polar surface area (TPSA) is 79.6 Å². The number of aryl methyl sites for hydroxylation is 5. The van der Waals surface area contributed by atoms with Crippen LogP contribution in [0.2, 0.25) is 0 Å². The molecule has 0 aromatic carbocycles. The summed E-state index contributed by atoms with van der Waals surface area (Å²) in [4.78, 5) is 29.2. The maximum atomic E-state index is 12.6. The molecule has 0 fully saturated rings. The van der Waals surface area contributed by atoms with Gasteiger partial charge in [-0.1, -0.05) is 6.92 Å². The lowest BCUT2D eigenvalue weighted by Crippen LogP contribution is -2.40. The van der Waals surface area contributed by atoms with E-state index in [1.807, 2.05) is 20.0 Å². The monoisotopic (exact) mass is 316 g/mol. The zero-order valence-corrected chi connectivity index (χ0v) is 13.8. The van der Waals surface area contributed by atoms with Crippen molar-refractivity contribution in [3.8, 4) is 0 Å². The normalized spacial score (nSPS) is 11.5. The Hall–Kier alpha value is -2.64. The predicted octanol–water partition coefficient (Wildman–Crippen LogP) is -0.0277. The van der Waals surface area contributed by atoms with Gasteiger partial charge in [0, 0.05) is 39.8 Å². The number of fused-ring (bicyclic) bond motifs is 1. The van der Waals surface area contributed by atoms with Crippen molar-refractivity contribution in [1.29, 1.82) is 0 Å². The van der Waals surface area contributed by atoms with Gasteiger partial charge in [-0.05, 0) is 12.5 Å². The molecule has 3 rings (SSSR count). The molecule has 0 aliphatic carbocycles. The third-order valence-corrected chi connectivity index (χ3v) is 4.18. The number of imidazole rings is 1. The first kappa shape index (κ1) is 15.3. The van der Waals surface area contributed by atoms with Crippen molar-refractivity contribution in [2.45, 2.75) is 26.3 Å². The van der Waals surface area contributed by atoms with Crippen LogP contribution in [-0.2, 0) is 40.5 Å². The van der Waals surface area contributed by atoms with Gasteiger partial charge >= 0.3 is 5.69 Å². The Morgan fingerprint density at radius 1 is 1.17 bits per heavy atom. The predicted molar refractivity (Wildman–Crippen MR) is 86.5 cm³/mol. The van der Waals surface area contributed by atoms with Gasteiger partial charge in [-0.2, -0.15) is 5.10 Å². The van der Waals surface area contributed by atoms with E-state index in [0.717, 1.165) is 17.8 Å². The van der Waals surface area contributed by atoms with Gasteiger partial charge in [0.05, 0.1) is 12.0 Å². The summed E-state index contributed by atoms with van der Waals surface area (Å²) in [5, 5.41) is 4.39. The Kier molecular flexibility index (Phi) is 3.67. The first-order valence-electron chi connectivity index (χ1n) is 7.56. The molecule has 0 amide bonds. The maximum Gasteiger partial charge on any atom is 0.332 e. The standard InChI is InChI=1S/C15H20N6O2/c1-5-10-8-11(20(4)17-10)6-7-21-14(22)12-13(16-9-18(12)2)19(3)15(21)23/h8-9H,5-7H2,1-4H3. The fourth-order valence-electron chi connectivity index (χ4n) is 2.80.